The van der Waals surface area contributed by atoms with E-state index in [-0.39, 0.29) is 25.2 Å². The van der Waals surface area contributed by atoms with Gasteiger partial charge in [0.25, 0.3) is 0 Å². The molecule has 0 aromatic heterocycles. The van der Waals surface area contributed by atoms with Crippen LogP contribution < -0.4 is 11.1 Å². The molecule has 0 saturated heterocycles. The SMILES string of the molecule is CCC(C)(C(=O)NCCCCC(F)(F)F)C(N)=NO. The summed E-state index contributed by atoms with van der Waals surface area (Å²) in [4.78, 5) is 11.9. The van der Waals surface area contributed by atoms with E-state index in [4.69, 9.17) is 10.9 Å². The Bertz CT molecular complexity index is 332. The quantitative estimate of drug-likeness (QED) is 0.219. The van der Waals surface area contributed by atoms with Crippen LogP contribution >= 0.6 is 0 Å². The number of amidine groups is 1. The van der Waals surface area contributed by atoms with E-state index < -0.39 is 23.9 Å². The zero-order valence-corrected chi connectivity index (χ0v) is 11.0. The van der Waals surface area contributed by atoms with E-state index in [0.717, 1.165) is 0 Å². The number of halogens is 3. The van der Waals surface area contributed by atoms with Gasteiger partial charge in [0.2, 0.25) is 5.91 Å². The van der Waals surface area contributed by atoms with E-state index in [2.05, 4.69) is 10.5 Å². The van der Waals surface area contributed by atoms with Crippen molar-refractivity contribution in [1.82, 2.24) is 5.32 Å². The van der Waals surface area contributed by atoms with Crippen LogP contribution in [-0.2, 0) is 4.79 Å². The number of amides is 1. The van der Waals surface area contributed by atoms with Crippen molar-refractivity contribution in [3.63, 3.8) is 0 Å². The number of hydrogen-bond donors (Lipinski definition) is 3. The van der Waals surface area contributed by atoms with E-state index in [9.17, 15) is 18.0 Å². The first-order chi connectivity index (χ1) is 8.67. The first-order valence-corrected chi connectivity index (χ1v) is 6.00. The topological polar surface area (TPSA) is 87.7 Å². The van der Waals surface area contributed by atoms with Crippen molar-refractivity contribution >= 4 is 11.7 Å². The smallest absolute Gasteiger partial charge is 0.389 e. The molecule has 0 aromatic carbocycles. The van der Waals surface area contributed by atoms with Gasteiger partial charge >= 0.3 is 6.18 Å². The standard InChI is InChI=1S/C11H20F3N3O2/c1-3-10(2,8(15)17-19)9(18)16-7-5-4-6-11(12,13)14/h19H,3-7H2,1-2H3,(H2,15,17)(H,16,18). The summed E-state index contributed by atoms with van der Waals surface area (Å²) in [6.45, 7) is 3.33. The minimum Gasteiger partial charge on any atom is -0.409 e. The number of nitrogens with one attached hydrogen (secondary N) is 1. The lowest BCUT2D eigenvalue weighted by molar-refractivity contribution is -0.135. The number of rotatable bonds is 7. The summed E-state index contributed by atoms with van der Waals surface area (Å²) in [7, 11) is 0. The van der Waals surface area contributed by atoms with Crippen molar-refractivity contribution in [2.24, 2.45) is 16.3 Å². The van der Waals surface area contributed by atoms with Gasteiger partial charge < -0.3 is 16.3 Å². The van der Waals surface area contributed by atoms with Crippen LogP contribution in [-0.4, -0.2) is 29.7 Å². The zero-order chi connectivity index (χ0) is 15.1. The monoisotopic (exact) mass is 283 g/mol. The van der Waals surface area contributed by atoms with Gasteiger partial charge in [-0.1, -0.05) is 12.1 Å². The summed E-state index contributed by atoms with van der Waals surface area (Å²) in [5, 5.41) is 13.9. The Hall–Kier alpha value is -1.47. The Morgan fingerprint density at radius 1 is 1.37 bits per heavy atom. The van der Waals surface area contributed by atoms with Crippen LogP contribution in [0, 0.1) is 5.41 Å². The van der Waals surface area contributed by atoms with E-state index in [1.165, 1.54) is 6.92 Å². The molecule has 8 heteroatoms. The second-order valence-electron chi connectivity index (χ2n) is 4.50. The van der Waals surface area contributed by atoms with Crippen molar-refractivity contribution in [3.05, 3.63) is 0 Å². The lowest BCUT2D eigenvalue weighted by Gasteiger charge is -2.25. The van der Waals surface area contributed by atoms with Gasteiger partial charge in [-0.2, -0.15) is 13.2 Å². The number of hydrogen-bond acceptors (Lipinski definition) is 3. The molecule has 0 bridgehead atoms. The fraction of sp³-hybridized carbons (Fsp3) is 0.818. The minimum absolute atomic E-state index is 0.0454. The number of alkyl halides is 3. The Balaban J connectivity index is 4.17. The fourth-order valence-electron chi connectivity index (χ4n) is 1.42. The molecule has 0 radical (unpaired) electrons. The molecule has 0 heterocycles. The Morgan fingerprint density at radius 2 is 1.95 bits per heavy atom. The number of carbonyl (C=O) groups is 1. The summed E-state index contributed by atoms with van der Waals surface area (Å²) >= 11 is 0. The second kappa shape index (κ2) is 7.20. The van der Waals surface area contributed by atoms with Crippen molar-refractivity contribution in [1.29, 1.82) is 0 Å². The Morgan fingerprint density at radius 3 is 2.37 bits per heavy atom. The molecular formula is C11H20F3N3O2. The molecule has 4 N–H and O–H groups in total. The van der Waals surface area contributed by atoms with Crippen LogP contribution in [0.1, 0.15) is 39.5 Å². The van der Waals surface area contributed by atoms with E-state index in [0.29, 0.717) is 6.42 Å². The number of nitrogens with two attached hydrogens (primary N) is 1. The predicted octanol–water partition coefficient (Wildman–Crippen LogP) is 2.00. The van der Waals surface area contributed by atoms with Crippen molar-refractivity contribution in [2.45, 2.75) is 45.7 Å². The highest BCUT2D eigenvalue weighted by molar-refractivity contribution is 6.06. The molecule has 0 aliphatic heterocycles. The third-order valence-corrected chi connectivity index (χ3v) is 3.05. The third-order valence-electron chi connectivity index (χ3n) is 3.05. The van der Waals surface area contributed by atoms with E-state index in [1.54, 1.807) is 6.92 Å². The van der Waals surface area contributed by atoms with Gasteiger partial charge in [0.1, 0.15) is 5.41 Å². The minimum atomic E-state index is -4.17. The van der Waals surface area contributed by atoms with Crippen LogP contribution in [0.5, 0.6) is 0 Å². The van der Waals surface area contributed by atoms with Gasteiger partial charge in [-0.3, -0.25) is 4.79 Å². The fourth-order valence-corrected chi connectivity index (χ4v) is 1.42. The van der Waals surface area contributed by atoms with Gasteiger partial charge in [-0.05, 0) is 26.2 Å². The molecule has 1 unspecified atom stereocenters. The van der Waals surface area contributed by atoms with Crippen LogP contribution in [0.4, 0.5) is 13.2 Å². The van der Waals surface area contributed by atoms with Gasteiger partial charge in [0, 0.05) is 13.0 Å². The molecule has 112 valence electrons. The normalized spacial score (nSPS) is 15.9. The van der Waals surface area contributed by atoms with Crippen LogP contribution in [0.2, 0.25) is 0 Å². The first kappa shape index (κ1) is 17.5. The van der Waals surface area contributed by atoms with E-state index >= 15 is 0 Å². The van der Waals surface area contributed by atoms with Crippen LogP contribution in [0.25, 0.3) is 0 Å². The molecule has 19 heavy (non-hydrogen) atoms. The van der Waals surface area contributed by atoms with Gasteiger partial charge in [-0.25, -0.2) is 0 Å². The summed E-state index contributed by atoms with van der Waals surface area (Å²) in [6.07, 6.45) is -4.54. The molecule has 0 rings (SSSR count). The lowest BCUT2D eigenvalue weighted by Crippen LogP contribution is -2.47. The molecule has 0 aliphatic rings. The summed E-state index contributed by atoms with van der Waals surface area (Å²) in [6, 6.07) is 0. The highest BCUT2D eigenvalue weighted by Crippen LogP contribution is 2.23. The Kier molecular flexibility index (Phi) is 6.64. The molecule has 0 spiro atoms. The van der Waals surface area contributed by atoms with Crippen molar-refractivity contribution in [3.8, 4) is 0 Å². The molecule has 0 aromatic rings. The maximum Gasteiger partial charge on any atom is 0.389 e. The summed E-state index contributed by atoms with van der Waals surface area (Å²) in [5.74, 6) is -0.680. The average molecular weight is 283 g/mol. The van der Waals surface area contributed by atoms with Crippen molar-refractivity contribution in [2.75, 3.05) is 6.54 Å². The number of nitrogens with zero attached hydrogens (tertiary/aromatic N) is 1. The summed E-state index contributed by atoms with van der Waals surface area (Å²) < 4.78 is 35.7. The second-order valence-corrected chi connectivity index (χ2v) is 4.50. The van der Waals surface area contributed by atoms with E-state index in [1.807, 2.05) is 0 Å². The number of unbranched alkanes of at least 4 members (excludes halogenated alkanes) is 1. The van der Waals surface area contributed by atoms with Gasteiger partial charge in [-0.15, -0.1) is 0 Å². The molecular weight excluding hydrogens is 263 g/mol. The summed E-state index contributed by atoms with van der Waals surface area (Å²) in [5.41, 5.74) is 4.29. The average Bonchev–Trinajstić information content (AvgIpc) is 2.34. The molecule has 1 amide bonds. The first-order valence-electron chi connectivity index (χ1n) is 6.00. The predicted molar refractivity (Wildman–Crippen MR) is 64.7 cm³/mol. The maximum atomic E-state index is 11.9. The Labute approximate surface area is 110 Å². The van der Waals surface area contributed by atoms with Crippen LogP contribution in [0.3, 0.4) is 0 Å². The van der Waals surface area contributed by atoms with Gasteiger partial charge in [0.15, 0.2) is 5.84 Å². The third kappa shape index (κ3) is 5.80. The molecule has 5 nitrogen and oxygen atoms in total. The molecule has 1 atom stereocenters. The highest BCUT2D eigenvalue weighted by Gasteiger charge is 2.36. The number of oxime groups is 1. The zero-order valence-electron chi connectivity index (χ0n) is 11.0. The highest BCUT2D eigenvalue weighted by atomic mass is 19.4. The molecule has 0 saturated carbocycles. The largest absolute Gasteiger partial charge is 0.409 e. The molecule has 0 fully saturated rings. The van der Waals surface area contributed by atoms with Crippen LogP contribution in [0.15, 0.2) is 5.16 Å². The number of carbonyl (C=O) groups excluding carboxylic acids is 1. The maximum absolute atomic E-state index is 11.9. The lowest BCUT2D eigenvalue weighted by atomic mass is 9.85. The molecule has 0 aliphatic carbocycles. The van der Waals surface area contributed by atoms with Gasteiger partial charge in [0.05, 0.1) is 0 Å². The van der Waals surface area contributed by atoms with Crippen molar-refractivity contribution < 1.29 is 23.2 Å².